The van der Waals surface area contributed by atoms with Crippen LogP contribution < -0.4 is 0 Å². The third-order valence-corrected chi connectivity index (χ3v) is 6.87. The Kier molecular flexibility index (Phi) is 4.79. The summed E-state index contributed by atoms with van der Waals surface area (Å²) in [4.78, 5) is 12.6. The van der Waals surface area contributed by atoms with Crippen LogP contribution in [0, 0.1) is 41.4 Å². The normalized spacial score (nSPS) is 42.0. The highest BCUT2D eigenvalue weighted by Crippen LogP contribution is 2.65. The average molecular weight is 322 g/mol. The van der Waals surface area contributed by atoms with Crippen molar-refractivity contribution in [2.24, 2.45) is 41.4 Å². The Bertz CT molecular complexity index is 439. The second-order valence-corrected chi connectivity index (χ2v) is 9.07. The zero-order valence-corrected chi connectivity index (χ0v) is 15.5. The summed E-state index contributed by atoms with van der Waals surface area (Å²) in [5, 5.41) is 0. The van der Waals surface area contributed by atoms with E-state index in [1.54, 1.807) is 0 Å². The van der Waals surface area contributed by atoms with Crippen LogP contribution in [0.15, 0.2) is 0 Å². The van der Waals surface area contributed by atoms with Crippen molar-refractivity contribution < 1.29 is 14.3 Å². The van der Waals surface area contributed by atoms with E-state index in [0.717, 1.165) is 36.0 Å². The fourth-order valence-corrected chi connectivity index (χ4v) is 6.04. The molecule has 3 nitrogen and oxygen atoms in total. The van der Waals surface area contributed by atoms with Crippen LogP contribution in [0.4, 0.5) is 0 Å². The van der Waals surface area contributed by atoms with Gasteiger partial charge in [0.05, 0.1) is 11.5 Å². The SMILES string of the molecule is CCC1CC(CC)C2C3CC(CC3C(=O)OCOC(C)(C)C)C12. The fourth-order valence-electron chi connectivity index (χ4n) is 6.04. The average Bonchev–Trinajstić information content (AvgIpc) is 3.15. The Morgan fingerprint density at radius 3 is 2.26 bits per heavy atom. The first-order chi connectivity index (χ1) is 10.9. The van der Waals surface area contributed by atoms with Crippen LogP contribution in [0.2, 0.25) is 0 Å². The maximum atomic E-state index is 12.6. The van der Waals surface area contributed by atoms with E-state index >= 15 is 0 Å². The van der Waals surface area contributed by atoms with Gasteiger partial charge < -0.3 is 9.47 Å². The number of carbonyl (C=O) groups excluding carboxylic acids is 1. The van der Waals surface area contributed by atoms with Crippen LogP contribution in [-0.4, -0.2) is 18.4 Å². The Labute approximate surface area is 141 Å². The minimum Gasteiger partial charge on any atom is -0.438 e. The summed E-state index contributed by atoms with van der Waals surface area (Å²) in [5.41, 5.74) is -0.257. The van der Waals surface area contributed by atoms with Gasteiger partial charge in [0.15, 0.2) is 6.79 Å². The molecule has 0 amide bonds. The molecule has 3 fully saturated rings. The van der Waals surface area contributed by atoms with E-state index in [9.17, 15) is 4.79 Å². The fraction of sp³-hybridized carbons (Fsp3) is 0.950. The molecular formula is C20H34O3. The summed E-state index contributed by atoms with van der Waals surface area (Å²) in [7, 11) is 0. The second-order valence-electron chi connectivity index (χ2n) is 9.07. The van der Waals surface area contributed by atoms with Gasteiger partial charge in [0.1, 0.15) is 0 Å². The van der Waals surface area contributed by atoms with Gasteiger partial charge in [0, 0.05) is 0 Å². The Balaban J connectivity index is 1.62. The highest BCUT2D eigenvalue weighted by atomic mass is 16.7. The van der Waals surface area contributed by atoms with Crippen molar-refractivity contribution in [1.82, 2.24) is 0 Å². The van der Waals surface area contributed by atoms with E-state index in [2.05, 4.69) is 13.8 Å². The molecule has 3 heteroatoms. The predicted octanol–water partition coefficient (Wildman–Crippen LogP) is 4.65. The van der Waals surface area contributed by atoms with Gasteiger partial charge in [-0.1, -0.05) is 26.7 Å². The molecule has 0 radical (unpaired) electrons. The van der Waals surface area contributed by atoms with Crippen molar-refractivity contribution in [3.63, 3.8) is 0 Å². The first-order valence-corrected chi connectivity index (χ1v) is 9.66. The van der Waals surface area contributed by atoms with Gasteiger partial charge in [0.25, 0.3) is 0 Å². The largest absolute Gasteiger partial charge is 0.438 e. The van der Waals surface area contributed by atoms with Crippen molar-refractivity contribution in [2.75, 3.05) is 6.79 Å². The minimum absolute atomic E-state index is 0.00463. The first-order valence-electron chi connectivity index (χ1n) is 9.66. The number of fused-ring (bicyclic) bond motifs is 5. The molecule has 3 aliphatic carbocycles. The summed E-state index contributed by atoms with van der Waals surface area (Å²) < 4.78 is 11.0. The van der Waals surface area contributed by atoms with Crippen LogP contribution in [-0.2, 0) is 14.3 Å². The lowest BCUT2D eigenvalue weighted by molar-refractivity contribution is -0.174. The predicted molar refractivity (Wildman–Crippen MR) is 90.7 cm³/mol. The van der Waals surface area contributed by atoms with Crippen LogP contribution in [0.5, 0.6) is 0 Å². The number of esters is 1. The zero-order valence-electron chi connectivity index (χ0n) is 15.5. The molecule has 132 valence electrons. The molecule has 23 heavy (non-hydrogen) atoms. The Morgan fingerprint density at radius 2 is 1.65 bits per heavy atom. The smallest absolute Gasteiger partial charge is 0.311 e. The monoisotopic (exact) mass is 322 g/mol. The van der Waals surface area contributed by atoms with Gasteiger partial charge >= 0.3 is 5.97 Å². The summed E-state index contributed by atoms with van der Waals surface area (Å²) in [6.07, 6.45) is 6.31. The van der Waals surface area contributed by atoms with Crippen molar-refractivity contribution >= 4 is 5.97 Å². The van der Waals surface area contributed by atoms with Gasteiger partial charge in [-0.3, -0.25) is 4.79 Å². The number of hydrogen-bond donors (Lipinski definition) is 0. The van der Waals surface area contributed by atoms with Crippen molar-refractivity contribution in [3.05, 3.63) is 0 Å². The molecule has 0 aromatic rings. The van der Waals surface area contributed by atoms with Crippen molar-refractivity contribution in [1.29, 1.82) is 0 Å². The molecule has 3 aliphatic rings. The van der Waals surface area contributed by atoms with Crippen molar-refractivity contribution in [2.45, 2.75) is 72.3 Å². The molecule has 0 aromatic carbocycles. The number of rotatable bonds is 5. The molecule has 3 rings (SSSR count). The van der Waals surface area contributed by atoms with E-state index < -0.39 is 0 Å². The standard InChI is InChI=1S/C20H34O3/c1-6-12-8-13(7-2)18-15-9-14(17(12)18)10-16(15)19(21)22-11-23-20(3,4)5/h12-18H,6-11H2,1-5H3. The molecular weight excluding hydrogens is 288 g/mol. The first kappa shape index (κ1) is 17.3. The van der Waals surface area contributed by atoms with Crippen LogP contribution >= 0.6 is 0 Å². The van der Waals surface area contributed by atoms with Crippen LogP contribution in [0.25, 0.3) is 0 Å². The van der Waals surface area contributed by atoms with E-state index in [0.29, 0.717) is 5.92 Å². The topological polar surface area (TPSA) is 35.5 Å². The molecule has 0 saturated heterocycles. The lowest BCUT2D eigenvalue weighted by Crippen LogP contribution is -2.35. The number of hydrogen-bond acceptors (Lipinski definition) is 3. The molecule has 0 aromatic heterocycles. The maximum absolute atomic E-state index is 12.6. The van der Waals surface area contributed by atoms with Gasteiger partial charge in [-0.25, -0.2) is 0 Å². The van der Waals surface area contributed by atoms with Crippen molar-refractivity contribution in [3.8, 4) is 0 Å². The van der Waals surface area contributed by atoms with Crippen LogP contribution in [0.1, 0.15) is 66.7 Å². The molecule has 7 unspecified atom stereocenters. The van der Waals surface area contributed by atoms with E-state index in [1.807, 2.05) is 20.8 Å². The summed E-state index contributed by atoms with van der Waals surface area (Å²) in [6, 6.07) is 0. The van der Waals surface area contributed by atoms with E-state index in [1.165, 1.54) is 25.7 Å². The van der Waals surface area contributed by atoms with E-state index in [4.69, 9.17) is 9.47 Å². The number of ether oxygens (including phenoxy) is 2. The highest BCUT2D eigenvalue weighted by molar-refractivity contribution is 5.73. The minimum atomic E-state index is -0.257. The third kappa shape index (κ3) is 3.18. The summed E-state index contributed by atoms with van der Waals surface area (Å²) in [6.45, 7) is 10.7. The summed E-state index contributed by atoms with van der Waals surface area (Å²) >= 11 is 0. The Morgan fingerprint density at radius 1 is 1.00 bits per heavy atom. The van der Waals surface area contributed by atoms with Gasteiger partial charge in [-0.2, -0.15) is 0 Å². The van der Waals surface area contributed by atoms with Gasteiger partial charge in [-0.15, -0.1) is 0 Å². The molecule has 3 saturated carbocycles. The maximum Gasteiger partial charge on any atom is 0.311 e. The number of carbonyl (C=O) groups is 1. The second kappa shape index (κ2) is 6.38. The Hall–Kier alpha value is -0.570. The van der Waals surface area contributed by atoms with Gasteiger partial charge in [0.2, 0.25) is 0 Å². The molecule has 0 aliphatic heterocycles. The highest BCUT2D eigenvalue weighted by Gasteiger charge is 2.61. The molecule has 2 bridgehead atoms. The zero-order chi connectivity index (χ0) is 16.8. The van der Waals surface area contributed by atoms with Gasteiger partial charge in [-0.05, 0) is 75.5 Å². The molecule has 0 N–H and O–H groups in total. The third-order valence-electron chi connectivity index (χ3n) is 6.87. The lowest BCUT2D eigenvalue weighted by Gasteiger charge is -2.34. The van der Waals surface area contributed by atoms with E-state index in [-0.39, 0.29) is 24.3 Å². The molecule has 0 heterocycles. The molecule has 7 atom stereocenters. The summed E-state index contributed by atoms with van der Waals surface area (Å²) in [5.74, 6) is 4.89. The lowest BCUT2D eigenvalue weighted by atomic mass is 9.70. The molecule has 0 spiro atoms. The quantitative estimate of drug-likeness (QED) is 0.546. The van der Waals surface area contributed by atoms with Crippen LogP contribution in [0.3, 0.4) is 0 Å².